The van der Waals surface area contributed by atoms with Gasteiger partial charge in [-0.1, -0.05) is 73.7 Å². The van der Waals surface area contributed by atoms with E-state index in [1.165, 1.54) is 11.1 Å². The number of carbonyl (C=O) groups is 1. The number of nitrogens with zero attached hydrogens (tertiary/aromatic N) is 2. The van der Waals surface area contributed by atoms with Gasteiger partial charge in [0.15, 0.2) is 5.88 Å². The van der Waals surface area contributed by atoms with Crippen molar-refractivity contribution in [3.8, 4) is 17.0 Å². The second kappa shape index (κ2) is 9.71. The van der Waals surface area contributed by atoms with Crippen molar-refractivity contribution in [2.45, 2.75) is 44.1 Å². The molecular formula is C32H35N3O2. The van der Waals surface area contributed by atoms with E-state index in [1.807, 2.05) is 18.2 Å². The maximum absolute atomic E-state index is 13.9. The van der Waals surface area contributed by atoms with Crippen molar-refractivity contribution in [3.05, 3.63) is 90.1 Å². The molecule has 0 atom stereocenters. The van der Waals surface area contributed by atoms with Gasteiger partial charge in [-0.25, -0.2) is 0 Å². The average Bonchev–Trinajstić information content (AvgIpc) is 3.44. The van der Waals surface area contributed by atoms with E-state index in [4.69, 9.17) is 0 Å². The molecule has 2 N–H and O–H groups in total. The molecule has 4 aromatic rings. The number of benzene rings is 3. The van der Waals surface area contributed by atoms with Crippen LogP contribution in [0.15, 0.2) is 79.0 Å². The van der Waals surface area contributed by atoms with Crippen LogP contribution in [-0.2, 0) is 10.2 Å². The Morgan fingerprint density at radius 3 is 2.22 bits per heavy atom. The van der Waals surface area contributed by atoms with E-state index < -0.39 is 5.41 Å². The Morgan fingerprint density at radius 2 is 1.57 bits per heavy atom. The fraction of sp³-hybridized carbons (Fsp3) is 0.344. The Balaban J connectivity index is 1.23. The third-order valence-electron chi connectivity index (χ3n) is 8.47. The van der Waals surface area contributed by atoms with E-state index in [-0.39, 0.29) is 5.91 Å². The Morgan fingerprint density at radius 1 is 0.946 bits per heavy atom. The van der Waals surface area contributed by atoms with Crippen LogP contribution in [-0.4, -0.2) is 46.7 Å². The van der Waals surface area contributed by atoms with Gasteiger partial charge in [0.25, 0.3) is 0 Å². The zero-order chi connectivity index (χ0) is 25.4. The number of hydrogen-bond donors (Lipinski definition) is 2. The molecule has 2 heterocycles. The Bertz CT molecular complexity index is 1390. The fourth-order valence-corrected chi connectivity index (χ4v) is 6.53. The summed E-state index contributed by atoms with van der Waals surface area (Å²) in [5.74, 6) is 0.491. The predicted octanol–water partition coefficient (Wildman–Crippen LogP) is 5.87. The van der Waals surface area contributed by atoms with Gasteiger partial charge in [-0.2, -0.15) is 0 Å². The second-order valence-electron chi connectivity index (χ2n) is 10.5. The number of piperidine rings is 1. The van der Waals surface area contributed by atoms with Gasteiger partial charge in [-0.15, -0.1) is 0 Å². The highest BCUT2D eigenvalue weighted by molar-refractivity contribution is 6.00. The van der Waals surface area contributed by atoms with Gasteiger partial charge < -0.3 is 19.9 Å². The minimum Gasteiger partial charge on any atom is -0.494 e. The molecule has 2 aliphatic rings. The van der Waals surface area contributed by atoms with E-state index in [9.17, 15) is 9.90 Å². The molecule has 1 amide bonds. The van der Waals surface area contributed by atoms with Crippen LogP contribution in [0.2, 0.25) is 0 Å². The zero-order valence-electron chi connectivity index (χ0n) is 21.5. The average molecular weight is 494 g/mol. The van der Waals surface area contributed by atoms with Crippen molar-refractivity contribution < 1.29 is 9.90 Å². The van der Waals surface area contributed by atoms with Gasteiger partial charge in [0.05, 0.1) is 0 Å². The van der Waals surface area contributed by atoms with Gasteiger partial charge in [0, 0.05) is 42.6 Å². The molecule has 0 radical (unpaired) electrons. The molecule has 0 spiro atoms. The molecule has 1 aliphatic carbocycles. The minimum atomic E-state index is -0.671. The lowest BCUT2D eigenvalue weighted by molar-refractivity contribution is -0.125. The first kappa shape index (κ1) is 23.8. The van der Waals surface area contributed by atoms with Crippen molar-refractivity contribution in [3.63, 3.8) is 0 Å². The summed E-state index contributed by atoms with van der Waals surface area (Å²) in [6, 6.07) is 25.2. The van der Waals surface area contributed by atoms with E-state index >= 15 is 0 Å². The van der Waals surface area contributed by atoms with Gasteiger partial charge >= 0.3 is 0 Å². The van der Waals surface area contributed by atoms with E-state index in [1.54, 1.807) is 0 Å². The third-order valence-corrected chi connectivity index (χ3v) is 8.47. The number of nitrogens with one attached hydrogen (secondary N) is 1. The number of fused-ring (bicyclic) bond motifs is 4. The Hall–Kier alpha value is -3.57. The fourth-order valence-electron chi connectivity index (χ4n) is 6.53. The smallest absolute Gasteiger partial charge is 0.235 e. The molecule has 6 rings (SSSR count). The zero-order valence-corrected chi connectivity index (χ0v) is 21.5. The van der Waals surface area contributed by atoms with Gasteiger partial charge in [-0.05, 0) is 60.5 Å². The summed E-state index contributed by atoms with van der Waals surface area (Å²) < 4.78 is 2.06. The molecule has 0 saturated carbocycles. The van der Waals surface area contributed by atoms with Crippen molar-refractivity contribution in [1.29, 1.82) is 0 Å². The molecule has 3 aromatic carbocycles. The predicted molar refractivity (Wildman–Crippen MR) is 149 cm³/mol. The lowest BCUT2D eigenvalue weighted by Gasteiger charge is -2.36. The van der Waals surface area contributed by atoms with Crippen molar-refractivity contribution in [1.82, 2.24) is 14.8 Å². The van der Waals surface area contributed by atoms with Gasteiger partial charge in [0.1, 0.15) is 5.41 Å². The third kappa shape index (κ3) is 3.93. The second-order valence-corrected chi connectivity index (χ2v) is 10.5. The number of rotatable bonds is 7. The first-order valence-electron chi connectivity index (χ1n) is 13.6. The van der Waals surface area contributed by atoms with Crippen molar-refractivity contribution in [2.75, 3.05) is 26.2 Å². The maximum Gasteiger partial charge on any atom is 0.235 e. The molecule has 0 unspecified atom stereocenters. The lowest BCUT2D eigenvalue weighted by Crippen LogP contribution is -2.47. The highest BCUT2D eigenvalue weighted by Gasteiger charge is 2.48. The highest BCUT2D eigenvalue weighted by atomic mass is 16.3. The number of hydrogen-bond acceptors (Lipinski definition) is 3. The maximum atomic E-state index is 13.9. The summed E-state index contributed by atoms with van der Waals surface area (Å²) in [5.41, 5.74) is 3.94. The topological polar surface area (TPSA) is 57.5 Å². The van der Waals surface area contributed by atoms with E-state index in [0.29, 0.717) is 18.5 Å². The summed E-state index contributed by atoms with van der Waals surface area (Å²) in [6.07, 6.45) is 5.72. The summed E-state index contributed by atoms with van der Waals surface area (Å²) in [4.78, 5) is 16.4. The lowest BCUT2D eigenvalue weighted by atomic mass is 9.74. The summed E-state index contributed by atoms with van der Waals surface area (Å²) in [7, 11) is 0. The van der Waals surface area contributed by atoms with Crippen LogP contribution in [0.3, 0.4) is 0 Å². The quantitative estimate of drug-likeness (QED) is 0.339. The number of aromatic nitrogens is 1. The molecule has 5 heteroatoms. The molecule has 190 valence electrons. The standard InChI is InChI=1S/C32H35N3O2/c1-2-18-33-31(37)32(28-13-7-5-11-26(28)27-12-6-8-14-29(27)32)17-21-34-19-15-24(16-20-34)35-22-23-9-3-4-10-25(23)30(35)36/h3-14,22,24,36H,2,15-21H2,1H3,(H,33,37). The van der Waals surface area contributed by atoms with Gasteiger partial charge in [-0.3, -0.25) is 4.79 Å². The van der Waals surface area contributed by atoms with Crippen LogP contribution < -0.4 is 5.32 Å². The number of amides is 1. The Labute approximate surface area is 218 Å². The SMILES string of the molecule is CCCNC(=O)C1(CCN2CCC(n3cc4ccccc4c3O)CC2)c2ccccc2-c2ccccc21. The van der Waals surface area contributed by atoms with Crippen LogP contribution >= 0.6 is 0 Å². The van der Waals surface area contributed by atoms with Crippen LogP contribution in [0.4, 0.5) is 0 Å². The van der Waals surface area contributed by atoms with Crippen molar-refractivity contribution >= 4 is 16.7 Å². The van der Waals surface area contributed by atoms with Crippen LogP contribution in [0.25, 0.3) is 21.9 Å². The molecule has 1 aliphatic heterocycles. The van der Waals surface area contributed by atoms with E-state index in [2.05, 4.69) is 82.5 Å². The van der Waals surface area contributed by atoms with Crippen LogP contribution in [0, 0.1) is 0 Å². The number of aromatic hydroxyl groups is 1. The molecule has 1 saturated heterocycles. The first-order valence-corrected chi connectivity index (χ1v) is 13.6. The molecular weight excluding hydrogens is 458 g/mol. The monoisotopic (exact) mass is 493 g/mol. The molecule has 1 aromatic heterocycles. The van der Waals surface area contributed by atoms with Crippen LogP contribution in [0.1, 0.15) is 49.8 Å². The largest absolute Gasteiger partial charge is 0.494 e. The van der Waals surface area contributed by atoms with Crippen LogP contribution in [0.5, 0.6) is 5.88 Å². The number of carbonyl (C=O) groups excluding carboxylic acids is 1. The summed E-state index contributed by atoms with van der Waals surface area (Å²) >= 11 is 0. The number of likely N-dealkylation sites (tertiary alicyclic amines) is 1. The minimum absolute atomic E-state index is 0.116. The summed E-state index contributed by atoms with van der Waals surface area (Å²) in [6.45, 7) is 5.54. The molecule has 1 fully saturated rings. The normalized spacial score (nSPS) is 17.0. The molecule has 37 heavy (non-hydrogen) atoms. The molecule has 0 bridgehead atoms. The van der Waals surface area contributed by atoms with Crippen molar-refractivity contribution in [2.24, 2.45) is 0 Å². The molecule has 5 nitrogen and oxygen atoms in total. The first-order chi connectivity index (χ1) is 18.1. The highest BCUT2D eigenvalue weighted by Crippen LogP contribution is 2.51. The Kier molecular flexibility index (Phi) is 6.25. The van der Waals surface area contributed by atoms with Gasteiger partial charge in [0.2, 0.25) is 5.91 Å². The summed E-state index contributed by atoms with van der Waals surface area (Å²) in [5, 5.41) is 16.1. The van der Waals surface area contributed by atoms with E-state index in [0.717, 1.165) is 67.2 Å².